The molecule has 3 aliphatic carbocycles. The van der Waals surface area contributed by atoms with Crippen LogP contribution in [-0.4, -0.2) is 43.4 Å². The normalized spacial score (nSPS) is 27.2. The zero-order valence-corrected chi connectivity index (χ0v) is 22.2. The van der Waals surface area contributed by atoms with Gasteiger partial charge in [-0.25, -0.2) is 0 Å². The number of carbonyl (C=O) groups excluding carboxylic acids is 3. The van der Waals surface area contributed by atoms with Crippen molar-refractivity contribution in [2.24, 2.45) is 23.7 Å². The Labute approximate surface area is 222 Å². The van der Waals surface area contributed by atoms with E-state index in [9.17, 15) is 34.8 Å². The van der Waals surface area contributed by atoms with Crippen molar-refractivity contribution in [2.75, 3.05) is 0 Å². The van der Waals surface area contributed by atoms with Gasteiger partial charge in [-0.2, -0.15) is 0 Å². The van der Waals surface area contributed by atoms with Gasteiger partial charge >= 0.3 is 0 Å². The van der Waals surface area contributed by atoms with Crippen molar-refractivity contribution in [3.05, 3.63) is 68.9 Å². The van der Waals surface area contributed by atoms with Gasteiger partial charge < -0.3 is 20.4 Å². The lowest BCUT2D eigenvalue weighted by Crippen LogP contribution is -2.61. The van der Waals surface area contributed by atoms with E-state index in [1.807, 2.05) is 24.3 Å². The molecule has 2 aromatic carbocycles. The lowest BCUT2D eigenvalue weighted by atomic mass is 9.54. The molecule has 2 aromatic rings. The molecular weight excluding hydrogens is 540 g/mol. The first-order chi connectivity index (χ1) is 17.4. The summed E-state index contributed by atoms with van der Waals surface area (Å²) in [7, 11) is 0. The molecule has 7 nitrogen and oxygen atoms in total. The highest BCUT2D eigenvalue weighted by molar-refractivity contribution is 9.10. The molecule has 0 radical (unpaired) electrons. The van der Waals surface area contributed by atoms with E-state index in [0.29, 0.717) is 5.56 Å². The number of fused-ring (bicyclic) bond motifs is 3. The molecule has 1 saturated carbocycles. The van der Waals surface area contributed by atoms with E-state index in [1.54, 1.807) is 19.9 Å². The Balaban J connectivity index is 1.75. The number of phenols is 1. The molecule has 1 unspecified atom stereocenters. The lowest BCUT2D eigenvalue weighted by Gasteiger charge is -2.50. The number of Topliss-reactive ketones (excluding diaryl/α,β-unsaturated/α-hetero) is 3. The molecule has 0 saturated heterocycles. The number of aromatic hydroxyl groups is 1. The van der Waals surface area contributed by atoms with Crippen LogP contribution in [0.4, 0.5) is 0 Å². The van der Waals surface area contributed by atoms with Gasteiger partial charge in [0.05, 0.1) is 5.56 Å². The number of ketones is 3. The second-order valence-corrected chi connectivity index (χ2v) is 11.4. The van der Waals surface area contributed by atoms with Gasteiger partial charge in [0.15, 0.2) is 17.2 Å². The molecule has 0 bridgehead atoms. The van der Waals surface area contributed by atoms with Gasteiger partial charge in [-0.05, 0) is 66.5 Å². The van der Waals surface area contributed by atoms with E-state index in [0.717, 1.165) is 22.5 Å². The van der Waals surface area contributed by atoms with Gasteiger partial charge in [0.25, 0.3) is 0 Å². The Morgan fingerprint density at radius 2 is 1.81 bits per heavy atom. The fourth-order valence-electron chi connectivity index (χ4n) is 6.51. The highest BCUT2D eigenvalue weighted by Crippen LogP contribution is 2.55. The second kappa shape index (κ2) is 8.67. The Bertz CT molecular complexity index is 1450. The average Bonchev–Trinajstić information content (AvgIpc) is 2.81. The van der Waals surface area contributed by atoms with E-state index < -0.39 is 57.8 Å². The Hall–Kier alpha value is -3.23. The average molecular weight is 567 g/mol. The maximum absolute atomic E-state index is 13.9. The van der Waals surface area contributed by atoms with Gasteiger partial charge in [-0.1, -0.05) is 48.0 Å². The minimum atomic E-state index is -2.53. The van der Waals surface area contributed by atoms with Crippen LogP contribution < -0.4 is 0 Å². The van der Waals surface area contributed by atoms with Gasteiger partial charge in [-0.15, -0.1) is 0 Å². The predicted octanol–water partition coefficient (Wildman–Crippen LogP) is 4.84. The standard InChI is InChI=1S/C29H27BrO7/c1-12(2)21-19-11-15-10-18-17(14-5-4-6-16(30)9-14)7-8-20(32)24(18)26(34)23(15)28(36)29(19,37)27(35)22(13(3)31)25(21)33/h4-9,12,15,19,21,32,34-35,37H,10-11H2,1-3H3/t15-,19-,21?,29+/m1/s1. The molecule has 4 N–H and O–H groups in total. The molecule has 8 heteroatoms. The van der Waals surface area contributed by atoms with Crippen LogP contribution in [0.2, 0.25) is 0 Å². The van der Waals surface area contributed by atoms with Crippen LogP contribution in [0.15, 0.2) is 57.8 Å². The van der Waals surface area contributed by atoms with Crippen LogP contribution in [0.5, 0.6) is 5.75 Å². The summed E-state index contributed by atoms with van der Waals surface area (Å²) in [5, 5.41) is 44.8. The molecule has 5 rings (SSSR count). The first kappa shape index (κ1) is 25.4. The Kier molecular flexibility index (Phi) is 5.96. The van der Waals surface area contributed by atoms with Crippen LogP contribution in [0.3, 0.4) is 0 Å². The molecule has 3 aliphatic rings. The second-order valence-electron chi connectivity index (χ2n) is 10.5. The quantitative estimate of drug-likeness (QED) is 0.391. The maximum atomic E-state index is 13.9. The number of halogens is 1. The van der Waals surface area contributed by atoms with Crippen molar-refractivity contribution in [3.8, 4) is 16.9 Å². The molecule has 1 fully saturated rings. The summed E-state index contributed by atoms with van der Waals surface area (Å²) < 4.78 is 0.852. The van der Waals surface area contributed by atoms with Crippen LogP contribution in [-0.2, 0) is 20.8 Å². The first-order valence-corrected chi connectivity index (χ1v) is 13.0. The van der Waals surface area contributed by atoms with Crippen LogP contribution in [0.1, 0.15) is 38.3 Å². The first-order valence-electron chi connectivity index (χ1n) is 12.2. The Morgan fingerprint density at radius 1 is 1.11 bits per heavy atom. The van der Waals surface area contributed by atoms with Crippen LogP contribution in [0.25, 0.3) is 16.9 Å². The van der Waals surface area contributed by atoms with Crippen LogP contribution in [0, 0.1) is 23.7 Å². The van der Waals surface area contributed by atoms with Gasteiger partial charge in [0, 0.05) is 21.9 Å². The maximum Gasteiger partial charge on any atom is 0.202 e. The minimum absolute atomic E-state index is 0.0988. The molecule has 37 heavy (non-hydrogen) atoms. The highest BCUT2D eigenvalue weighted by atomic mass is 79.9. The van der Waals surface area contributed by atoms with Gasteiger partial charge in [0.2, 0.25) is 5.78 Å². The topological polar surface area (TPSA) is 132 Å². The highest BCUT2D eigenvalue weighted by Gasteiger charge is 2.63. The lowest BCUT2D eigenvalue weighted by molar-refractivity contribution is -0.155. The van der Waals surface area contributed by atoms with Crippen molar-refractivity contribution in [1.82, 2.24) is 0 Å². The van der Waals surface area contributed by atoms with E-state index in [4.69, 9.17) is 0 Å². The molecule has 0 spiro atoms. The number of hydrogen-bond acceptors (Lipinski definition) is 7. The number of allylic oxidation sites excluding steroid dienone is 1. The summed E-state index contributed by atoms with van der Waals surface area (Å²) in [6, 6.07) is 10.8. The van der Waals surface area contributed by atoms with Crippen molar-refractivity contribution >= 4 is 39.0 Å². The van der Waals surface area contributed by atoms with Crippen molar-refractivity contribution in [3.63, 3.8) is 0 Å². The molecule has 0 heterocycles. The van der Waals surface area contributed by atoms with E-state index >= 15 is 0 Å². The van der Waals surface area contributed by atoms with Crippen LogP contribution >= 0.6 is 15.9 Å². The summed E-state index contributed by atoms with van der Waals surface area (Å²) in [6.07, 6.45) is 0.394. The minimum Gasteiger partial charge on any atom is -0.508 e. The summed E-state index contributed by atoms with van der Waals surface area (Å²) in [6.45, 7) is 4.65. The largest absolute Gasteiger partial charge is 0.508 e. The summed E-state index contributed by atoms with van der Waals surface area (Å²) >= 11 is 3.47. The van der Waals surface area contributed by atoms with Gasteiger partial charge in [-0.3, -0.25) is 14.4 Å². The molecular formula is C29H27BrO7. The van der Waals surface area contributed by atoms with Crippen molar-refractivity contribution < 1.29 is 34.8 Å². The Morgan fingerprint density at radius 3 is 2.43 bits per heavy atom. The SMILES string of the molecule is CC(=O)C1=C(O)[C@]2(O)C(=O)C3=C(O)c4c(O)ccc(-c5cccc(Br)c5)c4C[C@@H]3C[C@@H]2C(C(C)C)C1=O. The van der Waals surface area contributed by atoms with Gasteiger partial charge in [0.1, 0.15) is 22.8 Å². The smallest absolute Gasteiger partial charge is 0.202 e. The number of phenolic OH excluding ortho intramolecular Hbond substituents is 1. The summed E-state index contributed by atoms with van der Waals surface area (Å²) in [5.74, 6) is -6.65. The van der Waals surface area contributed by atoms with Crippen molar-refractivity contribution in [2.45, 2.75) is 39.2 Å². The third-order valence-electron chi connectivity index (χ3n) is 8.09. The number of aliphatic hydroxyl groups is 3. The molecule has 192 valence electrons. The number of benzene rings is 2. The summed E-state index contributed by atoms with van der Waals surface area (Å²) in [5.41, 5.74) is -0.843. The fraction of sp³-hybridized carbons (Fsp3) is 0.345. The number of hydrogen-bond donors (Lipinski definition) is 4. The molecule has 0 aromatic heterocycles. The summed E-state index contributed by atoms with van der Waals surface area (Å²) in [4.78, 5) is 39.5. The van der Waals surface area contributed by atoms with E-state index in [2.05, 4.69) is 15.9 Å². The van der Waals surface area contributed by atoms with E-state index in [1.165, 1.54) is 6.07 Å². The fourth-order valence-corrected chi connectivity index (χ4v) is 6.91. The molecule has 0 amide bonds. The zero-order valence-electron chi connectivity index (χ0n) is 20.6. The molecule has 0 aliphatic heterocycles. The molecule has 4 atom stereocenters. The van der Waals surface area contributed by atoms with E-state index in [-0.39, 0.29) is 35.6 Å². The number of aliphatic hydroxyl groups excluding tert-OH is 2. The number of rotatable bonds is 3. The monoisotopic (exact) mass is 566 g/mol. The third-order valence-corrected chi connectivity index (χ3v) is 8.59. The number of carbonyl (C=O) groups is 3. The predicted molar refractivity (Wildman–Crippen MR) is 140 cm³/mol. The van der Waals surface area contributed by atoms with Crippen molar-refractivity contribution in [1.29, 1.82) is 0 Å². The zero-order chi connectivity index (χ0) is 27.0. The third kappa shape index (κ3) is 3.53.